The zero-order valence-electron chi connectivity index (χ0n) is 15.0. The smallest absolute Gasteiger partial charge is 0.193 e. The predicted octanol–water partition coefficient (Wildman–Crippen LogP) is 1.76. The van der Waals surface area contributed by atoms with Gasteiger partial charge in [-0.3, -0.25) is 4.99 Å². The van der Waals surface area contributed by atoms with Crippen LogP contribution in [0.15, 0.2) is 29.3 Å². The molecule has 1 fully saturated rings. The number of hydrogen-bond acceptors (Lipinski definition) is 4. The van der Waals surface area contributed by atoms with Crippen LogP contribution in [0.2, 0.25) is 0 Å². The monoisotopic (exact) mass is 353 g/mol. The second-order valence-corrected chi connectivity index (χ2v) is 5.95. The summed E-state index contributed by atoms with van der Waals surface area (Å²) < 4.78 is 29.2. The standard InChI is InChI=1S/C18H28FN3O3/c1-20-18(21-7-9-25-17-5-3-4-16(19)12-17)22-8-6-15(13-22)14-24-11-10-23-2/h3-5,12,15H,6-11,13-14H2,1-2H3,(H,20,21). The summed E-state index contributed by atoms with van der Waals surface area (Å²) in [5.41, 5.74) is 0. The lowest BCUT2D eigenvalue weighted by Crippen LogP contribution is -2.41. The zero-order valence-corrected chi connectivity index (χ0v) is 15.0. The van der Waals surface area contributed by atoms with E-state index in [1.54, 1.807) is 26.3 Å². The summed E-state index contributed by atoms with van der Waals surface area (Å²) in [5.74, 6) is 1.62. The first-order valence-corrected chi connectivity index (χ1v) is 8.63. The molecule has 25 heavy (non-hydrogen) atoms. The molecule has 1 N–H and O–H groups in total. The van der Waals surface area contributed by atoms with Crippen LogP contribution in [0.25, 0.3) is 0 Å². The van der Waals surface area contributed by atoms with Crippen molar-refractivity contribution < 1.29 is 18.6 Å². The molecule has 140 valence electrons. The fraction of sp³-hybridized carbons (Fsp3) is 0.611. The van der Waals surface area contributed by atoms with Crippen molar-refractivity contribution in [1.29, 1.82) is 0 Å². The Hall–Kier alpha value is -1.86. The van der Waals surface area contributed by atoms with Crippen molar-refractivity contribution in [2.45, 2.75) is 6.42 Å². The average Bonchev–Trinajstić information content (AvgIpc) is 3.07. The number of nitrogens with one attached hydrogen (secondary N) is 1. The van der Waals surface area contributed by atoms with E-state index in [0.29, 0.717) is 38.0 Å². The van der Waals surface area contributed by atoms with Gasteiger partial charge in [-0.1, -0.05) is 6.07 Å². The number of aliphatic imine (C=N–C) groups is 1. The van der Waals surface area contributed by atoms with Gasteiger partial charge in [0.15, 0.2) is 5.96 Å². The SMILES string of the molecule is CN=C(NCCOc1cccc(F)c1)N1CCC(COCCOC)C1. The third-order valence-electron chi connectivity index (χ3n) is 4.03. The first kappa shape index (κ1) is 19.5. The van der Waals surface area contributed by atoms with E-state index in [9.17, 15) is 4.39 Å². The van der Waals surface area contributed by atoms with Gasteiger partial charge < -0.3 is 24.4 Å². The summed E-state index contributed by atoms with van der Waals surface area (Å²) in [4.78, 5) is 6.56. The molecule has 0 spiro atoms. The highest BCUT2D eigenvalue weighted by Gasteiger charge is 2.24. The molecule has 0 saturated carbocycles. The quantitative estimate of drug-likeness (QED) is 0.417. The fourth-order valence-electron chi connectivity index (χ4n) is 2.77. The van der Waals surface area contributed by atoms with Gasteiger partial charge in [0, 0.05) is 39.2 Å². The van der Waals surface area contributed by atoms with E-state index in [2.05, 4.69) is 15.2 Å². The largest absolute Gasteiger partial charge is 0.492 e. The third kappa shape index (κ3) is 6.88. The molecule has 1 aromatic carbocycles. The van der Waals surface area contributed by atoms with Crippen LogP contribution < -0.4 is 10.1 Å². The number of guanidine groups is 1. The van der Waals surface area contributed by atoms with Crippen LogP contribution in [-0.2, 0) is 9.47 Å². The molecule has 1 atom stereocenters. The van der Waals surface area contributed by atoms with Gasteiger partial charge in [-0.05, 0) is 18.6 Å². The molecule has 0 aliphatic carbocycles. The number of rotatable bonds is 9. The van der Waals surface area contributed by atoms with Crippen molar-refractivity contribution in [3.63, 3.8) is 0 Å². The number of methoxy groups -OCH3 is 1. The van der Waals surface area contributed by atoms with Gasteiger partial charge in [0.2, 0.25) is 0 Å². The highest BCUT2D eigenvalue weighted by atomic mass is 19.1. The zero-order chi connectivity index (χ0) is 17.9. The predicted molar refractivity (Wildman–Crippen MR) is 95.6 cm³/mol. The fourth-order valence-corrected chi connectivity index (χ4v) is 2.77. The minimum Gasteiger partial charge on any atom is -0.492 e. The van der Waals surface area contributed by atoms with E-state index in [1.807, 2.05) is 0 Å². The van der Waals surface area contributed by atoms with Crippen LogP contribution in [0.1, 0.15) is 6.42 Å². The van der Waals surface area contributed by atoms with E-state index < -0.39 is 0 Å². The Morgan fingerprint density at radius 2 is 2.24 bits per heavy atom. The minimum atomic E-state index is -0.294. The van der Waals surface area contributed by atoms with Gasteiger partial charge in [0.1, 0.15) is 18.2 Å². The Bertz CT molecular complexity index is 542. The molecule has 7 heteroatoms. The summed E-state index contributed by atoms with van der Waals surface area (Å²) in [6.07, 6.45) is 1.09. The highest BCUT2D eigenvalue weighted by molar-refractivity contribution is 5.80. The van der Waals surface area contributed by atoms with Gasteiger partial charge in [-0.2, -0.15) is 0 Å². The van der Waals surface area contributed by atoms with Crippen molar-refractivity contribution in [2.24, 2.45) is 10.9 Å². The maximum absolute atomic E-state index is 13.1. The number of hydrogen-bond donors (Lipinski definition) is 1. The molecule has 1 aliphatic rings. The van der Waals surface area contributed by atoms with Crippen LogP contribution in [0.3, 0.4) is 0 Å². The van der Waals surface area contributed by atoms with E-state index >= 15 is 0 Å². The Morgan fingerprint density at radius 3 is 3.00 bits per heavy atom. The minimum absolute atomic E-state index is 0.294. The number of nitrogens with zero attached hydrogens (tertiary/aromatic N) is 2. The molecule has 2 rings (SSSR count). The molecule has 1 aromatic rings. The van der Waals surface area contributed by atoms with Crippen LogP contribution in [0, 0.1) is 11.7 Å². The summed E-state index contributed by atoms with van der Waals surface area (Å²) in [5, 5.41) is 3.29. The van der Waals surface area contributed by atoms with Crippen molar-refractivity contribution in [2.75, 3.05) is 60.2 Å². The van der Waals surface area contributed by atoms with Crippen molar-refractivity contribution in [1.82, 2.24) is 10.2 Å². The van der Waals surface area contributed by atoms with Crippen molar-refractivity contribution >= 4 is 5.96 Å². The molecule has 0 amide bonds. The molecule has 0 radical (unpaired) electrons. The summed E-state index contributed by atoms with van der Waals surface area (Å²) in [6.45, 7) is 4.95. The number of benzene rings is 1. The van der Waals surface area contributed by atoms with Crippen LogP contribution >= 0.6 is 0 Å². The molecule has 1 aliphatic heterocycles. The van der Waals surface area contributed by atoms with Gasteiger partial charge >= 0.3 is 0 Å². The van der Waals surface area contributed by atoms with Crippen LogP contribution in [0.4, 0.5) is 4.39 Å². The maximum Gasteiger partial charge on any atom is 0.193 e. The number of ether oxygens (including phenoxy) is 3. The van der Waals surface area contributed by atoms with Gasteiger partial charge in [0.05, 0.1) is 26.4 Å². The summed E-state index contributed by atoms with van der Waals surface area (Å²) in [6, 6.07) is 6.15. The second kappa shape index (κ2) is 10.9. The van der Waals surface area contributed by atoms with E-state index in [1.165, 1.54) is 12.1 Å². The average molecular weight is 353 g/mol. The molecule has 0 aromatic heterocycles. The second-order valence-electron chi connectivity index (χ2n) is 5.95. The Balaban J connectivity index is 1.65. The Morgan fingerprint density at radius 1 is 1.36 bits per heavy atom. The molecular formula is C18H28FN3O3. The van der Waals surface area contributed by atoms with E-state index in [4.69, 9.17) is 14.2 Å². The normalized spacial score (nSPS) is 17.8. The third-order valence-corrected chi connectivity index (χ3v) is 4.03. The molecule has 1 unspecified atom stereocenters. The first-order valence-electron chi connectivity index (χ1n) is 8.63. The Labute approximate surface area is 149 Å². The lowest BCUT2D eigenvalue weighted by atomic mass is 10.1. The lowest BCUT2D eigenvalue weighted by Gasteiger charge is -2.21. The first-order chi connectivity index (χ1) is 12.2. The molecule has 1 heterocycles. The van der Waals surface area contributed by atoms with Crippen LogP contribution in [-0.4, -0.2) is 71.1 Å². The molecular weight excluding hydrogens is 325 g/mol. The number of likely N-dealkylation sites (tertiary alicyclic amines) is 1. The van der Waals surface area contributed by atoms with E-state index in [-0.39, 0.29) is 5.82 Å². The van der Waals surface area contributed by atoms with E-state index in [0.717, 1.165) is 32.1 Å². The lowest BCUT2D eigenvalue weighted by molar-refractivity contribution is 0.0536. The van der Waals surface area contributed by atoms with Crippen LogP contribution in [0.5, 0.6) is 5.75 Å². The van der Waals surface area contributed by atoms with Gasteiger partial charge in [0.25, 0.3) is 0 Å². The van der Waals surface area contributed by atoms with Gasteiger partial charge in [-0.15, -0.1) is 0 Å². The maximum atomic E-state index is 13.1. The summed E-state index contributed by atoms with van der Waals surface area (Å²) in [7, 11) is 3.45. The summed E-state index contributed by atoms with van der Waals surface area (Å²) >= 11 is 0. The number of halogens is 1. The Kier molecular flexibility index (Phi) is 8.48. The molecule has 6 nitrogen and oxygen atoms in total. The van der Waals surface area contributed by atoms with Gasteiger partial charge in [-0.25, -0.2) is 4.39 Å². The molecule has 1 saturated heterocycles. The topological polar surface area (TPSA) is 55.3 Å². The van der Waals surface area contributed by atoms with Crippen molar-refractivity contribution in [3.05, 3.63) is 30.1 Å². The molecule has 0 bridgehead atoms. The van der Waals surface area contributed by atoms with Crippen molar-refractivity contribution in [3.8, 4) is 5.75 Å². The highest BCUT2D eigenvalue weighted by Crippen LogP contribution is 2.16.